The molecule has 0 saturated carbocycles. The Morgan fingerprint density at radius 2 is 2.00 bits per heavy atom. The van der Waals surface area contributed by atoms with E-state index in [2.05, 4.69) is 4.98 Å². The molecule has 0 amide bonds. The highest BCUT2D eigenvalue weighted by Gasteiger charge is 1.92. The summed E-state index contributed by atoms with van der Waals surface area (Å²) in [5.74, 6) is 0.528. The number of nitrogens with zero attached hydrogens (tertiary/aromatic N) is 1. The molecule has 0 saturated heterocycles. The van der Waals surface area contributed by atoms with Crippen LogP contribution in [0.3, 0.4) is 0 Å². The minimum Gasteiger partial charge on any atom is -0.383 e. The molecule has 1 rings (SSSR count). The molecule has 11 heavy (non-hydrogen) atoms. The van der Waals surface area contributed by atoms with Gasteiger partial charge in [0.25, 0.3) is 0 Å². The molecule has 0 radical (unpaired) electrons. The minimum atomic E-state index is 0. The van der Waals surface area contributed by atoms with Crippen LogP contribution < -0.4 is 11.5 Å². The number of nitrogen functional groups attached to an aromatic ring is 1. The first kappa shape index (κ1) is 13.1. The molecule has 4 N–H and O–H groups in total. The van der Waals surface area contributed by atoms with Crippen molar-refractivity contribution in [3.05, 3.63) is 23.9 Å². The Labute approximate surface area is 78.0 Å². The predicted molar refractivity (Wildman–Crippen MR) is 51.0 cm³/mol. The van der Waals surface area contributed by atoms with E-state index in [1.807, 2.05) is 12.1 Å². The van der Waals surface area contributed by atoms with Gasteiger partial charge in [0.05, 0.1) is 0 Å². The number of hydrogen-bond acceptors (Lipinski definition) is 3. The van der Waals surface area contributed by atoms with Crippen LogP contribution in [0.5, 0.6) is 0 Å². The number of anilines is 1. The lowest BCUT2D eigenvalue weighted by Gasteiger charge is -1.97. The highest BCUT2D eigenvalue weighted by Crippen LogP contribution is 2.03. The molecule has 0 aromatic carbocycles. The summed E-state index contributed by atoms with van der Waals surface area (Å²) in [4.78, 5) is 3.85. The van der Waals surface area contributed by atoms with Gasteiger partial charge in [0.15, 0.2) is 0 Å². The molecule has 0 aliphatic rings. The molecular weight excluding hydrogens is 185 g/mol. The standard InChI is InChI=1S/C6H9N3.2ClH/c7-4-5-2-1-3-9-6(5)8;;/h1-3H,4,7H2,(H2,8,9);2*1H. The average molecular weight is 196 g/mol. The molecule has 0 atom stereocenters. The molecule has 0 unspecified atom stereocenters. The van der Waals surface area contributed by atoms with Crippen molar-refractivity contribution in [2.24, 2.45) is 5.73 Å². The van der Waals surface area contributed by atoms with Gasteiger partial charge in [0, 0.05) is 18.3 Å². The van der Waals surface area contributed by atoms with Crippen molar-refractivity contribution in [3.8, 4) is 0 Å². The Hall–Kier alpha value is -0.510. The third kappa shape index (κ3) is 3.41. The van der Waals surface area contributed by atoms with Crippen LogP contribution in [0.15, 0.2) is 18.3 Å². The second-order valence-electron chi connectivity index (χ2n) is 1.75. The van der Waals surface area contributed by atoms with Crippen LogP contribution in [0, 0.1) is 0 Å². The summed E-state index contributed by atoms with van der Waals surface area (Å²) < 4.78 is 0. The van der Waals surface area contributed by atoms with E-state index in [1.54, 1.807) is 6.20 Å². The number of hydrogen-bond donors (Lipinski definition) is 2. The molecule has 0 aliphatic carbocycles. The monoisotopic (exact) mass is 195 g/mol. The van der Waals surface area contributed by atoms with Gasteiger partial charge in [-0.05, 0) is 6.07 Å². The minimum absolute atomic E-state index is 0. The Balaban J connectivity index is 0. The van der Waals surface area contributed by atoms with Crippen molar-refractivity contribution in [1.82, 2.24) is 4.98 Å². The zero-order valence-corrected chi connectivity index (χ0v) is 7.49. The smallest absolute Gasteiger partial charge is 0.127 e. The maximum absolute atomic E-state index is 5.44. The number of aromatic nitrogens is 1. The van der Waals surface area contributed by atoms with E-state index in [0.29, 0.717) is 12.4 Å². The fraction of sp³-hybridized carbons (Fsp3) is 0.167. The molecule has 3 nitrogen and oxygen atoms in total. The lowest BCUT2D eigenvalue weighted by Crippen LogP contribution is -2.02. The lowest BCUT2D eigenvalue weighted by molar-refractivity contribution is 1.05. The van der Waals surface area contributed by atoms with Crippen LogP contribution in [0.1, 0.15) is 5.56 Å². The maximum Gasteiger partial charge on any atom is 0.127 e. The number of rotatable bonds is 1. The van der Waals surface area contributed by atoms with E-state index in [1.165, 1.54) is 0 Å². The van der Waals surface area contributed by atoms with Gasteiger partial charge in [0.2, 0.25) is 0 Å². The molecule has 0 bridgehead atoms. The first-order chi connectivity index (χ1) is 4.34. The summed E-state index contributed by atoms with van der Waals surface area (Å²) in [6.45, 7) is 0.458. The molecule has 1 heterocycles. The zero-order valence-electron chi connectivity index (χ0n) is 5.86. The van der Waals surface area contributed by atoms with Crippen LogP contribution in [-0.4, -0.2) is 4.98 Å². The van der Waals surface area contributed by atoms with Gasteiger partial charge in [-0.25, -0.2) is 4.98 Å². The maximum atomic E-state index is 5.44. The Morgan fingerprint density at radius 1 is 1.36 bits per heavy atom. The Kier molecular flexibility index (Phi) is 7.41. The van der Waals surface area contributed by atoms with Crippen LogP contribution in [0.4, 0.5) is 5.82 Å². The van der Waals surface area contributed by atoms with E-state index in [-0.39, 0.29) is 24.8 Å². The summed E-state index contributed by atoms with van der Waals surface area (Å²) >= 11 is 0. The van der Waals surface area contributed by atoms with Crippen molar-refractivity contribution in [2.45, 2.75) is 6.54 Å². The van der Waals surface area contributed by atoms with E-state index >= 15 is 0 Å². The molecule has 0 fully saturated rings. The van der Waals surface area contributed by atoms with Gasteiger partial charge in [-0.1, -0.05) is 6.07 Å². The largest absolute Gasteiger partial charge is 0.383 e. The molecule has 5 heteroatoms. The fourth-order valence-electron chi connectivity index (χ4n) is 0.623. The predicted octanol–water partition coefficient (Wildman–Crippen LogP) is 0.966. The van der Waals surface area contributed by atoms with E-state index in [9.17, 15) is 0 Å². The van der Waals surface area contributed by atoms with Gasteiger partial charge < -0.3 is 11.5 Å². The molecule has 1 aromatic rings. The summed E-state index contributed by atoms with van der Waals surface area (Å²) in [7, 11) is 0. The number of nitrogens with two attached hydrogens (primary N) is 2. The molecule has 0 spiro atoms. The fourth-order valence-corrected chi connectivity index (χ4v) is 0.623. The van der Waals surface area contributed by atoms with Gasteiger partial charge in [-0.2, -0.15) is 0 Å². The molecule has 0 aliphatic heterocycles. The second-order valence-corrected chi connectivity index (χ2v) is 1.75. The van der Waals surface area contributed by atoms with Crippen LogP contribution in [0.2, 0.25) is 0 Å². The highest BCUT2D eigenvalue weighted by molar-refractivity contribution is 5.85. The molecule has 64 valence electrons. The van der Waals surface area contributed by atoms with E-state index in [4.69, 9.17) is 11.5 Å². The van der Waals surface area contributed by atoms with Gasteiger partial charge in [-0.3, -0.25) is 0 Å². The summed E-state index contributed by atoms with van der Waals surface area (Å²) in [6, 6.07) is 3.68. The first-order valence-corrected chi connectivity index (χ1v) is 2.74. The number of halogens is 2. The van der Waals surface area contributed by atoms with Crippen molar-refractivity contribution in [3.63, 3.8) is 0 Å². The van der Waals surface area contributed by atoms with Crippen LogP contribution >= 0.6 is 24.8 Å². The average Bonchev–Trinajstić information content (AvgIpc) is 1.89. The van der Waals surface area contributed by atoms with Crippen molar-refractivity contribution in [1.29, 1.82) is 0 Å². The van der Waals surface area contributed by atoms with Crippen molar-refractivity contribution < 1.29 is 0 Å². The third-order valence-electron chi connectivity index (χ3n) is 1.15. The van der Waals surface area contributed by atoms with Gasteiger partial charge >= 0.3 is 0 Å². The topological polar surface area (TPSA) is 64.9 Å². The summed E-state index contributed by atoms with van der Waals surface area (Å²) in [5.41, 5.74) is 11.7. The van der Waals surface area contributed by atoms with Gasteiger partial charge in [-0.15, -0.1) is 24.8 Å². The lowest BCUT2D eigenvalue weighted by atomic mass is 10.3. The van der Waals surface area contributed by atoms with Gasteiger partial charge in [0.1, 0.15) is 5.82 Å². The van der Waals surface area contributed by atoms with Crippen LogP contribution in [-0.2, 0) is 6.54 Å². The highest BCUT2D eigenvalue weighted by atomic mass is 35.5. The second kappa shape index (κ2) is 6.22. The summed E-state index contributed by atoms with van der Waals surface area (Å²) in [5, 5.41) is 0. The Morgan fingerprint density at radius 3 is 2.36 bits per heavy atom. The Bertz CT molecular complexity index is 205. The van der Waals surface area contributed by atoms with Crippen LogP contribution in [0.25, 0.3) is 0 Å². The van der Waals surface area contributed by atoms with Crippen molar-refractivity contribution >= 4 is 30.6 Å². The third-order valence-corrected chi connectivity index (χ3v) is 1.15. The first-order valence-electron chi connectivity index (χ1n) is 2.74. The number of pyridine rings is 1. The van der Waals surface area contributed by atoms with E-state index < -0.39 is 0 Å². The van der Waals surface area contributed by atoms with E-state index in [0.717, 1.165) is 5.56 Å². The molecule has 1 aromatic heterocycles. The van der Waals surface area contributed by atoms with Crippen molar-refractivity contribution in [2.75, 3.05) is 5.73 Å². The zero-order chi connectivity index (χ0) is 6.69. The SMILES string of the molecule is Cl.Cl.NCc1cccnc1N. The normalized spacial score (nSPS) is 7.73. The summed E-state index contributed by atoms with van der Waals surface area (Å²) in [6.07, 6.45) is 1.65. The quantitative estimate of drug-likeness (QED) is 0.703. The molecular formula is C6H11Cl2N3.